The lowest BCUT2D eigenvalue weighted by Gasteiger charge is -2.33. The third kappa shape index (κ3) is 4.25. The van der Waals surface area contributed by atoms with Gasteiger partial charge in [-0.1, -0.05) is 0 Å². The molecule has 1 aliphatic heterocycles. The lowest BCUT2D eigenvalue weighted by atomic mass is 10.1. The molecule has 0 saturated carbocycles. The first-order valence-electron chi connectivity index (χ1n) is 8.14. The number of amides is 1. The first-order valence-corrected chi connectivity index (χ1v) is 9.65. The van der Waals surface area contributed by atoms with E-state index < -0.39 is 10.2 Å². The Balaban J connectivity index is 2.02. The molecule has 2 rings (SSSR count). The van der Waals surface area contributed by atoms with Gasteiger partial charge in [0.2, 0.25) is 5.91 Å². The standard InChI is InChI=1S/C15H25N5O4S/c1-10(20-12(3)15(13(4)21)11(2)17-20)9-14(22)18-5-7-19(8-6-18)25(16,23)24/h10H,5-9H2,1-4H3,(H2,16,23,24)/t10-/m1/s1. The monoisotopic (exact) mass is 371 g/mol. The zero-order valence-electron chi connectivity index (χ0n) is 15.0. The number of piperazine rings is 1. The van der Waals surface area contributed by atoms with E-state index >= 15 is 0 Å². The highest BCUT2D eigenvalue weighted by Gasteiger charge is 2.28. The Morgan fingerprint density at radius 2 is 1.76 bits per heavy atom. The van der Waals surface area contributed by atoms with Crippen LogP contribution in [-0.4, -0.2) is 65.3 Å². The highest BCUT2D eigenvalue weighted by molar-refractivity contribution is 7.86. The highest BCUT2D eigenvalue weighted by atomic mass is 32.2. The SMILES string of the molecule is CC(=O)c1c(C)nn([C@H](C)CC(=O)N2CCN(S(N)(=O)=O)CC2)c1C. The number of nitrogens with zero attached hydrogens (tertiary/aromatic N) is 4. The van der Waals surface area contributed by atoms with Crippen molar-refractivity contribution in [3.05, 3.63) is 17.0 Å². The summed E-state index contributed by atoms with van der Waals surface area (Å²) in [6.07, 6.45) is 0.231. The molecule has 140 valence electrons. The Morgan fingerprint density at radius 3 is 2.20 bits per heavy atom. The summed E-state index contributed by atoms with van der Waals surface area (Å²) in [5, 5.41) is 9.50. The molecule has 2 heterocycles. The van der Waals surface area contributed by atoms with E-state index in [1.807, 2.05) is 13.8 Å². The molecule has 0 unspecified atom stereocenters. The number of ketones is 1. The summed E-state index contributed by atoms with van der Waals surface area (Å²) >= 11 is 0. The van der Waals surface area contributed by atoms with Crippen molar-refractivity contribution >= 4 is 21.9 Å². The third-order valence-electron chi connectivity index (χ3n) is 4.52. The number of aryl methyl sites for hydroxylation is 1. The predicted octanol–water partition coefficient (Wildman–Crippen LogP) is 0.00134. The van der Waals surface area contributed by atoms with Gasteiger partial charge in [-0.3, -0.25) is 14.3 Å². The van der Waals surface area contributed by atoms with Crippen LogP contribution in [0.1, 0.15) is 48.1 Å². The number of hydrogen-bond donors (Lipinski definition) is 1. The zero-order valence-corrected chi connectivity index (χ0v) is 15.8. The maximum Gasteiger partial charge on any atom is 0.277 e. The van der Waals surface area contributed by atoms with E-state index in [1.54, 1.807) is 16.5 Å². The number of carbonyl (C=O) groups is 2. The summed E-state index contributed by atoms with van der Waals surface area (Å²) in [4.78, 5) is 25.8. The number of aromatic nitrogens is 2. The van der Waals surface area contributed by atoms with Crippen LogP contribution in [0.4, 0.5) is 0 Å². The normalized spacial score (nSPS) is 17.6. The predicted molar refractivity (Wildman–Crippen MR) is 92.3 cm³/mol. The summed E-state index contributed by atoms with van der Waals surface area (Å²) in [5.41, 5.74) is 2.01. The molecule has 9 nitrogen and oxygen atoms in total. The van der Waals surface area contributed by atoms with Crippen molar-refractivity contribution < 1.29 is 18.0 Å². The molecule has 0 radical (unpaired) electrons. The fraction of sp³-hybridized carbons (Fsp3) is 0.667. The smallest absolute Gasteiger partial charge is 0.277 e. The van der Waals surface area contributed by atoms with Crippen LogP contribution < -0.4 is 5.14 Å². The molecule has 1 saturated heterocycles. The molecule has 0 spiro atoms. The fourth-order valence-corrected chi connectivity index (χ4v) is 3.93. The van der Waals surface area contributed by atoms with Crippen LogP contribution in [0.5, 0.6) is 0 Å². The lowest BCUT2D eigenvalue weighted by Crippen LogP contribution is -2.52. The summed E-state index contributed by atoms with van der Waals surface area (Å²) < 4.78 is 25.5. The molecule has 1 amide bonds. The van der Waals surface area contributed by atoms with Crippen molar-refractivity contribution in [1.29, 1.82) is 0 Å². The Morgan fingerprint density at radius 1 is 1.20 bits per heavy atom. The molecule has 25 heavy (non-hydrogen) atoms. The van der Waals surface area contributed by atoms with E-state index in [-0.39, 0.29) is 37.2 Å². The van der Waals surface area contributed by atoms with Crippen molar-refractivity contribution in [3.63, 3.8) is 0 Å². The first kappa shape index (κ1) is 19.5. The number of rotatable bonds is 5. The van der Waals surface area contributed by atoms with Gasteiger partial charge in [0, 0.05) is 38.3 Å². The summed E-state index contributed by atoms with van der Waals surface area (Å²) in [5.74, 6) is -0.114. The second-order valence-corrected chi connectivity index (χ2v) is 7.97. The van der Waals surface area contributed by atoms with Gasteiger partial charge in [0.25, 0.3) is 10.2 Å². The molecule has 10 heteroatoms. The van der Waals surface area contributed by atoms with E-state index in [1.165, 1.54) is 11.2 Å². The van der Waals surface area contributed by atoms with Crippen LogP contribution >= 0.6 is 0 Å². The Bertz CT molecular complexity index is 778. The van der Waals surface area contributed by atoms with Gasteiger partial charge < -0.3 is 4.90 Å². The molecule has 1 atom stereocenters. The molecule has 1 fully saturated rings. The third-order valence-corrected chi connectivity index (χ3v) is 5.60. The van der Waals surface area contributed by atoms with Crippen LogP contribution in [0.3, 0.4) is 0 Å². The quantitative estimate of drug-likeness (QED) is 0.731. The molecule has 1 aromatic heterocycles. The van der Waals surface area contributed by atoms with Gasteiger partial charge in [-0.05, 0) is 27.7 Å². The summed E-state index contributed by atoms with van der Waals surface area (Å²) in [6, 6.07) is -0.199. The highest BCUT2D eigenvalue weighted by Crippen LogP contribution is 2.21. The number of carbonyl (C=O) groups excluding carboxylic acids is 2. The molecule has 1 aromatic rings. The second-order valence-electron chi connectivity index (χ2n) is 6.42. The van der Waals surface area contributed by atoms with Crippen molar-refractivity contribution in [1.82, 2.24) is 19.0 Å². The minimum absolute atomic E-state index is 0.0427. The van der Waals surface area contributed by atoms with Gasteiger partial charge >= 0.3 is 0 Å². The molecule has 0 aliphatic carbocycles. The van der Waals surface area contributed by atoms with Gasteiger partial charge in [-0.2, -0.15) is 17.8 Å². The Hall–Kier alpha value is -1.78. The van der Waals surface area contributed by atoms with E-state index in [0.717, 1.165) is 5.69 Å². The van der Waals surface area contributed by atoms with Gasteiger partial charge in [0.15, 0.2) is 5.78 Å². The molecule has 2 N–H and O–H groups in total. The van der Waals surface area contributed by atoms with Gasteiger partial charge in [0.1, 0.15) is 0 Å². The summed E-state index contributed by atoms with van der Waals surface area (Å²) in [6.45, 7) is 8.02. The van der Waals surface area contributed by atoms with Crippen LogP contribution in [0.2, 0.25) is 0 Å². The summed E-state index contributed by atoms with van der Waals surface area (Å²) in [7, 11) is -3.71. The number of hydrogen-bond acceptors (Lipinski definition) is 5. The van der Waals surface area contributed by atoms with Crippen LogP contribution in [0.25, 0.3) is 0 Å². The Kier molecular flexibility index (Phi) is 5.65. The van der Waals surface area contributed by atoms with Crippen LogP contribution in [-0.2, 0) is 15.0 Å². The lowest BCUT2D eigenvalue weighted by molar-refractivity contribution is -0.133. The van der Waals surface area contributed by atoms with Gasteiger partial charge in [-0.15, -0.1) is 0 Å². The average molecular weight is 371 g/mol. The van der Waals surface area contributed by atoms with E-state index in [9.17, 15) is 18.0 Å². The fourth-order valence-electron chi connectivity index (χ4n) is 3.26. The van der Waals surface area contributed by atoms with Crippen molar-refractivity contribution in [2.75, 3.05) is 26.2 Å². The van der Waals surface area contributed by atoms with Crippen molar-refractivity contribution in [2.24, 2.45) is 5.14 Å². The minimum Gasteiger partial charge on any atom is -0.340 e. The van der Waals surface area contributed by atoms with Crippen LogP contribution in [0, 0.1) is 13.8 Å². The van der Waals surface area contributed by atoms with E-state index in [0.29, 0.717) is 24.3 Å². The largest absolute Gasteiger partial charge is 0.340 e. The molecule has 1 aliphatic rings. The maximum absolute atomic E-state index is 12.5. The maximum atomic E-state index is 12.5. The van der Waals surface area contributed by atoms with E-state index in [4.69, 9.17) is 5.14 Å². The van der Waals surface area contributed by atoms with Crippen LogP contribution in [0.15, 0.2) is 0 Å². The molecule has 0 bridgehead atoms. The molecular weight excluding hydrogens is 346 g/mol. The molecule has 0 aromatic carbocycles. The Labute approximate surface area is 147 Å². The molecular formula is C15H25N5O4S. The number of Topliss-reactive ketones (excluding diaryl/α,β-unsaturated/α-hetero) is 1. The van der Waals surface area contributed by atoms with Crippen molar-refractivity contribution in [3.8, 4) is 0 Å². The average Bonchev–Trinajstić information content (AvgIpc) is 2.81. The minimum atomic E-state index is -3.71. The first-order chi connectivity index (χ1) is 11.5. The van der Waals surface area contributed by atoms with Gasteiger partial charge in [-0.25, -0.2) is 5.14 Å². The van der Waals surface area contributed by atoms with E-state index in [2.05, 4.69) is 5.10 Å². The van der Waals surface area contributed by atoms with Gasteiger partial charge in [0.05, 0.1) is 17.3 Å². The zero-order chi connectivity index (χ0) is 18.9. The number of nitrogens with two attached hydrogens (primary N) is 1. The second kappa shape index (κ2) is 7.22. The van der Waals surface area contributed by atoms with Crippen molar-refractivity contribution in [2.45, 2.75) is 40.2 Å². The topological polar surface area (TPSA) is 119 Å².